The standard InChI is InChI=1S/C18H26N6O4S/c1-4-16(25)23-8-6-5-7-14(23)18-20-19-15-11-22(9-10-24(15)18)29(26,27)17-12(2)21-28-13(17)3/h14H,4-11H2,1-3H3. The number of amides is 1. The molecule has 2 aliphatic rings. The van der Waals surface area contributed by atoms with Crippen LogP contribution in [-0.2, 0) is 27.9 Å². The lowest BCUT2D eigenvalue weighted by atomic mass is 10.0. The highest BCUT2D eigenvalue weighted by atomic mass is 32.2. The molecule has 2 aliphatic heterocycles. The van der Waals surface area contributed by atoms with Gasteiger partial charge in [0.25, 0.3) is 0 Å². The maximum absolute atomic E-state index is 13.1. The zero-order chi connectivity index (χ0) is 20.8. The van der Waals surface area contributed by atoms with Crippen LogP contribution in [0.3, 0.4) is 0 Å². The van der Waals surface area contributed by atoms with Crippen molar-refractivity contribution >= 4 is 15.9 Å². The van der Waals surface area contributed by atoms with E-state index in [4.69, 9.17) is 4.52 Å². The van der Waals surface area contributed by atoms with Gasteiger partial charge in [0.05, 0.1) is 12.6 Å². The summed E-state index contributed by atoms with van der Waals surface area (Å²) in [7, 11) is -3.74. The van der Waals surface area contributed by atoms with Crippen LogP contribution in [-0.4, -0.2) is 56.5 Å². The van der Waals surface area contributed by atoms with E-state index in [9.17, 15) is 13.2 Å². The Morgan fingerprint density at radius 3 is 2.66 bits per heavy atom. The Morgan fingerprint density at radius 2 is 1.97 bits per heavy atom. The summed E-state index contributed by atoms with van der Waals surface area (Å²) in [6, 6.07) is -0.0943. The zero-order valence-electron chi connectivity index (χ0n) is 17.0. The zero-order valence-corrected chi connectivity index (χ0v) is 17.8. The van der Waals surface area contributed by atoms with E-state index in [1.54, 1.807) is 13.8 Å². The van der Waals surface area contributed by atoms with Crippen molar-refractivity contribution in [3.63, 3.8) is 0 Å². The van der Waals surface area contributed by atoms with Gasteiger partial charge in [-0.25, -0.2) is 8.42 Å². The van der Waals surface area contributed by atoms with E-state index < -0.39 is 10.0 Å². The van der Waals surface area contributed by atoms with E-state index in [0.29, 0.717) is 31.0 Å². The Morgan fingerprint density at radius 1 is 1.17 bits per heavy atom. The fourth-order valence-electron chi connectivity index (χ4n) is 4.28. The molecule has 0 spiro atoms. The molecule has 1 atom stereocenters. The maximum Gasteiger partial charge on any atom is 0.248 e. The number of fused-ring (bicyclic) bond motifs is 1. The van der Waals surface area contributed by atoms with Crippen LogP contribution in [0, 0.1) is 13.8 Å². The topological polar surface area (TPSA) is 114 Å². The van der Waals surface area contributed by atoms with Crippen LogP contribution < -0.4 is 0 Å². The van der Waals surface area contributed by atoms with E-state index in [2.05, 4.69) is 15.4 Å². The molecule has 0 bridgehead atoms. The first-order valence-electron chi connectivity index (χ1n) is 9.99. The molecule has 11 heteroatoms. The highest BCUT2D eigenvalue weighted by molar-refractivity contribution is 7.89. The minimum atomic E-state index is -3.74. The first-order chi connectivity index (χ1) is 13.8. The Hall–Kier alpha value is -2.27. The number of hydrogen-bond acceptors (Lipinski definition) is 7. The van der Waals surface area contributed by atoms with E-state index >= 15 is 0 Å². The summed E-state index contributed by atoms with van der Waals surface area (Å²) in [5.41, 5.74) is 0.353. The van der Waals surface area contributed by atoms with Crippen molar-refractivity contribution in [2.24, 2.45) is 0 Å². The van der Waals surface area contributed by atoms with Gasteiger partial charge in [0.15, 0.2) is 11.6 Å². The number of nitrogens with zero attached hydrogens (tertiary/aromatic N) is 6. The molecular weight excluding hydrogens is 396 g/mol. The maximum atomic E-state index is 13.1. The second kappa shape index (κ2) is 7.52. The lowest BCUT2D eigenvalue weighted by molar-refractivity contribution is -0.135. The highest BCUT2D eigenvalue weighted by Gasteiger charge is 2.37. The first-order valence-corrected chi connectivity index (χ1v) is 11.4. The van der Waals surface area contributed by atoms with Crippen LogP contribution >= 0.6 is 0 Å². The molecular formula is C18H26N6O4S. The number of aromatic nitrogens is 4. The molecule has 0 aliphatic carbocycles. The number of piperidine rings is 1. The van der Waals surface area contributed by atoms with E-state index in [0.717, 1.165) is 31.6 Å². The van der Waals surface area contributed by atoms with Gasteiger partial charge >= 0.3 is 0 Å². The Kier molecular flexibility index (Phi) is 5.19. The van der Waals surface area contributed by atoms with Gasteiger partial charge in [-0.2, -0.15) is 4.31 Å². The molecule has 29 heavy (non-hydrogen) atoms. The Bertz CT molecular complexity index is 1010. The summed E-state index contributed by atoms with van der Waals surface area (Å²) in [4.78, 5) is 14.4. The van der Waals surface area contributed by atoms with Crippen LogP contribution in [0.4, 0.5) is 0 Å². The van der Waals surface area contributed by atoms with Crippen molar-refractivity contribution in [3.05, 3.63) is 23.1 Å². The summed E-state index contributed by atoms with van der Waals surface area (Å²) < 4.78 is 34.6. The number of carbonyl (C=O) groups is 1. The van der Waals surface area contributed by atoms with Gasteiger partial charge in [-0.05, 0) is 33.1 Å². The van der Waals surface area contributed by atoms with Gasteiger partial charge in [-0.15, -0.1) is 10.2 Å². The van der Waals surface area contributed by atoms with Gasteiger partial charge in [0.2, 0.25) is 15.9 Å². The summed E-state index contributed by atoms with van der Waals surface area (Å²) in [6.45, 7) is 6.70. The molecule has 0 saturated carbocycles. The van der Waals surface area contributed by atoms with Crippen LogP contribution in [0.15, 0.2) is 9.42 Å². The second-order valence-electron chi connectivity index (χ2n) is 7.57. The third kappa shape index (κ3) is 3.35. The van der Waals surface area contributed by atoms with Gasteiger partial charge < -0.3 is 14.0 Å². The third-order valence-corrected chi connectivity index (χ3v) is 7.83. The molecule has 1 fully saturated rings. The van der Waals surface area contributed by atoms with E-state index in [1.165, 1.54) is 4.31 Å². The fraction of sp³-hybridized carbons (Fsp3) is 0.667. The van der Waals surface area contributed by atoms with Crippen molar-refractivity contribution in [2.45, 2.75) is 70.5 Å². The van der Waals surface area contributed by atoms with Gasteiger partial charge in [-0.3, -0.25) is 4.79 Å². The lowest BCUT2D eigenvalue weighted by Crippen LogP contribution is -2.42. The average molecular weight is 423 g/mol. The number of rotatable bonds is 4. The number of hydrogen-bond donors (Lipinski definition) is 0. The molecule has 4 heterocycles. The number of likely N-dealkylation sites (tertiary alicyclic amines) is 1. The molecule has 1 unspecified atom stereocenters. The second-order valence-corrected chi connectivity index (χ2v) is 9.44. The van der Waals surface area contributed by atoms with Gasteiger partial charge in [-0.1, -0.05) is 12.1 Å². The third-order valence-electron chi connectivity index (χ3n) is 5.74. The SMILES string of the molecule is CCC(=O)N1CCCCC1c1nnc2n1CCN(S(=O)(=O)c1c(C)noc1C)C2. The molecule has 10 nitrogen and oxygen atoms in total. The summed E-state index contributed by atoms with van der Waals surface area (Å²) in [5.74, 6) is 1.75. The molecule has 2 aromatic rings. The predicted molar refractivity (Wildman–Crippen MR) is 102 cm³/mol. The minimum absolute atomic E-state index is 0.0943. The average Bonchev–Trinajstić information content (AvgIpc) is 3.29. The van der Waals surface area contributed by atoms with Crippen LogP contribution in [0.5, 0.6) is 0 Å². The molecule has 1 saturated heterocycles. The molecule has 0 aromatic carbocycles. The van der Waals surface area contributed by atoms with Crippen LogP contribution in [0.25, 0.3) is 0 Å². The van der Waals surface area contributed by atoms with Crippen LogP contribution in [0.1, 0.15) is 61.8 Å². The molecule has 0 radical (unpaired) electrons. The molecule has 4 rings (SSSR count). The van der Waals surface area contributed by atoms with Crippen molar-refractivity contribution < 1.29 is 17.7 Å². The number of aryl methyl sites for hydroxylation is 2. The Balaban J connectivity index is 1.61. The minimum Gasteiger partial charge on any atom is -0.360 e. The van der Waals surface area contributed by atoms with Crippen LogP contribution in [0.2, 0.25) is 0 Å². The largest absolute Gasteiger partial charge is 0.360 e. The normalized spacial score (nSPS) is 20.7. The van der Waals surface area contributed by atoms with Crippen molar-refractivity contribution in [2.75, 3.05) is 13.1 Å². The molecule has 2 aromatic heterocycles. The quantitative estimate of drug-likeness (QED) is 0.734. The number of carbonyl (C=O) groups excluding carboxylic acids is 1. The Labute approximate surface area is 169 Å². The summed E-state index contributed by atoms with van der Waals surface area (Å²) in [6.07, 6.45) is 3.34. The molecule has 1 amide bonds. The monoisotopic (exact) mass is 422 g/mol. The summed E-state index contributed by atoms with van der Waals surface area (Å²) in [5, 5.41) is 12.4. The molecule has 0 N–H and O–H groups in total. The van der Waals surface area contributed by atoms with E-state index in [-0.39, 0.29) is 29.1 Å². The smallest absolute Gasteiger partial charge is 0.248 e. The molecule has 158 valence electrons. The number of sulfonamides is 1. The highest BCUT2D eigenvalue weighted by Crippen LogP contribution is 2.33. The van der Waals surface area contributed by atoms with Gasteiger partial charge in [0, 0.05) is 26.1 Å². The van der Waals surface area contributed by atoms with E-state index in [1.807, 2.05) is 16.4 Å². The van der Waals surface area contributed by atoms with Crippen molar-refractivity contribution in [3.8, 4) is 0 Å². The fourth-order valence-corrected chi connectivity index (χ4v) is 5.96. The first kappa shape index (κ1) is 20.0. The van der Waals surface area contributed by atoms with Crippen molar-refractivity contribution in [1.29, 1.82) is 0 Å². The lowest BCUT2D eigenvalue weighted by Gasteiger charge is -2.36. The summed E-state index contributed by atoms with van der Waals surface area (Å²) >= 11 is 0. The predicted octanol–water partition coefficient (Wildman–Crippen LogP) is 1.55. The van der Waals surface area contributed by atoms with Gasteiger partial charge in [0.1, 0.15) is 16.4 Å². The van der Waals surface area contributed by atoms with Crippen molar-refractivity contribution in [1.82, 2.24) is 29.1 Å².